The van der Waals surface area contributed by atoms with E-state index in [0.717, 1.165) is 33.1 Å². The Labute approximate surface area is 235 Å². The molecule has 0 spiro atoms. The predicted octanol–water partition coefficient (Wildman–Crippen LogP) is 6.78. The van der Waals surface area contributed by atoms with Gasteiger partial charge in [0.1, 0.15) is 11.4 Å². The summed E-state index contributed by atoms with van der Waals surface area (Å²) in [5.41, 5.74) is 4.91. The molecule has 40 heavy (non-hydrogen) atoms. The third-order valence-electron chi connectivity index (χ3n) is 6.66. The van der Waals surface area contributed by atoms with Gasteiger partial charge >= 0.3 is 0 Å². The van der Waals surface area contributed by atoms with Crippen molar-refractivity contribution in [2.75, 3.05) is 4.90 Å². The van der Waals surface area contributed by atoms with E-state index in [4.69, 9.17) is 12.2 Å². The Kier molecular flexibility index (Phi) is 6.64. The quantitative estimate of drug-likeness (QED) is 0.151. The van der Waals surface area contributed by atoms with Gasteiger partial charge in [0, 0.05) is 11.3 Å². The molecule has 0 radical (unpaired) electrons. The summed E-state index contributed by atoms with van der Waals surface area (Å²) < 4.78 is 16.8. The van der Waals surface area contributed by atoms with Gasteiger partial charge in [0.25, 0.3) is 11.8 Å². The molecule has 2 heterocycles. The third kappa shape index (κ3) is 4.52. The third-order valence-corrected chi connectivity index (χ3v) is 6.94. The zero-order chi connectivity index (χ0) is 27.6. The summed E-state index contributed by atoms with van der Waals surface area (Å²) in [7, 11) is 0. The molecule has 1 aromatic heterocycles. The van der Waals surface area contributed by atoms with Crippen LogP contribution in [0.5, 0.6) is 0 Å². The molecule has 4 aromatic carbocycles. The van der Waals surface area contributed by atoms with Crippen LogP contribution >= 0.6 is 12.2 Å². The van der Waals surface area contributed by atoms with Gasteiger partial charge in [0.05, 0.1) is 17.1 Å². The largest absolute Gasteiger partial charge is 0.309 e. The SMILES string of the molecule is O=C1NC(=S)N(c2ccccc2F)C(=O)/C1=C\c1cc(-c2ccccc2)n(-c2ccccc2)c1-c1ccccc1. The van der Waals surface area contributed by atoms with E-state index in [1.807, 2.05) is 97.1 Å². The smallest absolute Gasteiger partial charge is 0.270 e. The molecule has 194 valence electrons. The number of para-hydroxylation sites is 2. The van der Waals surface area contributed by atoms with Crippen molar-refractivity contribution in [2.24, 2.45) is 0 Å². The van der Waals surface area contributed by atoms with Crippen molar-refractivity contribution in [3.63, 3.8) is 0 Å². The van der Waals surface area contributed by atoms with Gasteiger partial charge in [-0.3, -0.25) is 14.9 Å². The fourth-order valence-electron chi connectivity index (χ4n) is 4.86. The molecular formula is C33H22FN3O2S. The average Bonchev–Trinajstić information content (AvgIpc) is 3.37. The second-order valence-electron chi connectivity index (χ2n) is 9.15. The number of aromatic nitrogens is 1. The molecular weight excluding hydrogens is 521 g/mol. The van der Waals surface area contributed by atoms with E-state index >= 15 is 0 Å². The molecule has 0 bridgehead atoms. The van der Waals surface area contributed by atoms with E-state index in [2.05, 4.69) is 9.88 Å². The highest BCUT2D eigenvalue weighted by Gasteiger charge is 2.36. The second kappa shape index (κ2) is 10.6. The molecule has 5 aromatic rings. The monoisotopic (exact) mass is 543 g/mol. The van der Waals surface area contributed by atoms with Crippen molar-refractivity contribution in [3.8, 4) is 28.2 Å². The van der Waals surface area contributed by atoms with Gasteiger partial charge in [-0.25, -0.2) is 9.29 Å². The number of halogens is 1. The Balaban J connectivity index is 1.60. The minimum atomic E-state index is -0.702. The zero-order valence-corrected chi connectivity index (χ0v) is 21.9. The highest BCUT2D eigenvalue weighted by Crippen LogP contribution is 2.37. The number of hydrogen-bond acceptors (Lipinski definition) is 3. The Morgan fingerprint density at radius 1 is 0.725 bits per heavy atom. The van der Waals surface area contributed by atoms with Crippen LogP contribution in [0.3, 0.4) is 0 Å². The number of benzene rings is 4. The molecule has 2 amide bonds. The molecule has 7 heteroatoms. The van der Waals surface area contributed by atoms with Crippen molar-refractivity contribution >= 4 is 40.9 Å². The number of anilines is 1. The van der Waals surface area contributed by atoms with Crippen LogP contribution in [0.25, 0.3) is 34.3 Å². The van der Waals surface area contributed by atoms with Gasteiger partial charge in [0.15, 0.2) is 5.11 Å². The molecule has 1 aliphatic rings. The molecule has 6 rings (SSSR count). The Hall–Kier alpha value is -5.14. The molecule has 0 unspecified atom stereocenters. The average molecular weight is 544 g/mol. The number of rotatable bonds is 5. The minimum absolute atomic E-state index is 0.0292. The standard InChI is InChI=1S/C33H22FN3O2S/c34-27-18-10-11-19-28(27)37-32(39)26(31(38)35-33(37)40)20-24-21-29(22-12-4-1-5-13-22)36(25-16-8-3-9-17-25)30(24)23-14-6-2-7-15-23/h1-21H,(H,35,38,40)/b26-20-. The number of hydrogen-bond donors (Lipinski definition) is 1. The molecule has 5 nitrogen and oxygen atoms in total. The fourth-order valence-corrected chi connectivity index (χ4v) is 5.14. The molecule has 1 aliphatic heterocycles. The van der Waals surface area contributed by atoms with Crippen molar-refractivity contribution in [2.45, 2.75) is 0 Å². The fraction of sp³-hybridized carbons (Fsp3) is 0. The van der Waals surface area contributed by atoms with Gasteiger partial charge in [-0.05, 0) is 59.8 Å². The van der Waals surface area contributed by atoms with Crippen LogP contribution in [0.1, 0.15) is 5.56 Å². The summed E-state index contributed by atoms with van der Waals surface area (Å²) in [5.74, 6) is -1.97. The Bertz CT molecular complexity index is 1780. The summed E-state index contributed by atoms with van der Waals surface area (Å²) in [5, 5.41) is 2.38. The van der Waals surface area contributed by atoms with Crippen LogP contribution in [0.2, 0.25) is 0 Å². The van der Waals surface area contributed by atoms with Crippen LogP contribution in [0.15, 0.2) is 127 Å². The van der Waals surface area contributed by atoms with E-state index in [9.17, 15) is 14.0 Å². The first kappa shape index (κ1) is 25.2. The summed E-state index contributed by atoms with van der Waals surface area (Å²) in [6.07, 6.45) is 1.56. The van der Waals surface area contributed by atoms with Gasteiger partial charge in [-0.2, -0.15) is 0 Å². The number of amides is 2. The van der Waals surface area contributed by atoms with Gasteiger partial charge in [0.2, 0.25) is 0 Å². The van der Waals surface area contributed by atoms with Crippen molar-refractivity contribution in [3.05, 3.63) is 138 Å². The van der Waals surface area contributed by atoms with Crippen molar-refractivity contribution in [1.82, 2.24) is 9.88 Å². The maximum Gasteiger partial charge on any atom is 0.270 e. The predicted molar refractivity (Wildman–Crippen MR) is 159 cm³/mol. The molecule has 0 aliphatic carbocycles. The van der Waals surface area contributed by atoms with Gasteiger partial charge in [-0.1, -0.05) is 91.0 Å². The van der Waals surface area contributed by atoms with E-state index in [1.54, 1.807) is 12.1 Å². The maximum atomic E-state index is 14.7. The lowest BCUT2D eigenvalue weighted by molar-refractivity contribution is -0.122. The molecule has 1 fully saturated rings. The highest BCUT2D eigenvalue weighted by atomic mass is 32.1. The van der Waals surface area contributed by atoms with Crippen molar-refractivity contribution in [1.29, 1.82) is 0 Å². The van der Waals surface area contributed by atoms with Crippen LogP contribution in [-0.4, -0.2) is 21.5 Å². The van der Waals surface area contributed by atoms with Gasteiger partial charge in [-0.15, -0.1) is 0 Å². The van der Waals surface area contributed by atoms with E-state index in [-0.39, 0.29) is 16.4 Å². The number of nitrogens with zero attached hydrogens (tertiary/aromatic N) is 2. The number of carbonyl (C=O) groups excluding carboxylic acids is 2. The molecule has 0 saturated carbocycles. The molecule has 1 N–H and O–H groups in total. The minimum Gasteiger partial charge on any atom is -0.309 e. The first-order valence-electron chi connectivity index (χ1n) is 12.6. The number of carbonyl (C=O) groups is 2. The number of nitrogens with one attached hydrogen (secondary N) is 1. The highest BCUT2D eigenvalue weighted by molar-refractivity contribution is 7.80. The van der Waals surface area contributed by atoms with Crippen LogP contribution in [0.4, 0.5) is 10.1 Å². The maximum absolute atomic E-state index is 14.7. The molecule has 0 atom stereocenters. The first-order valence-corrected chi connectivity index (χ1v) is 13.0. The summed E-state index contributed by atoms with van der Waals surface area (Å²) in [6, 6.07) is 37.3. The van der Waals surface area contributed by atoms with Crippen molar-refractivity contribution < 1.29 is 14.0 Å². The topological polar surface area (TPSA) is 54.3 Å². The zero-order valence-electron chi connectivity index (χ0n) is 21.1. The van der Waals surface area contributed by atoms with E-state index in [0.29, 0.717) is 5.56 Å². The lowest BCUT2D eigenvalue weighted by Gasteiger charge is -2.29. The Morgan fingerprint density at radius 2 is 1.30 bits per heavy atom. The molecule has 1 saturated heterocycles. The van der Waals surface area contributed by atoms with Crippen LogP contribution in [0, 0.1) is 5.82 Å². The lowest BCUT2D eigenvalue weighted by Crippen LogP contribution is -2.54. The number of thiocarbonyl (C=S) groups is 1. The van der Waals surface area contributed by atoms with E-state index in [1.165, 1.54) is 18.2 Å². The van der Waals surface area contributed by atoms with Crippen LogP contribution in [-0.2, 0) is 9.59 Å². The summed E-state index contributed by atoms with van der Waals surface area (Å²) >= 11 is 5.27. The van der Waals surface area contributed by atoms with E-state index < -0.39 is 17.6 Å². The summed E-state index contributed by atoms with van der Waals surface area (Å²) in [6.45, 7) is 0. The summed E-state index contributed by atoms with van der Waals surface area (Å²) in [4.78, 5) is 27.9. The van der Waals surface area contributed by atoms with Gasteiger partial charge < -0.3 is 4.57 Å². The van der Waals surface area contributed by atoms with Crippen LogP contribution < -0.4 is 10.2 Å². The normalized spacial score (nSPS) is 14.5. The Morgan fingerprint density at radius 3 is 1.95 bits per heavy atom. The lowest BCUT2D eigenvalue weighted by atomic mass is 10.0. The first-order chi connectivity index (χ1) is 19.5. The second-order valence-corrected chi connectivity index (χ2v) is 9.53.